The molecule has 4 aromatic rings. The van der Waals surface area contributed by atoms with Crippen LogP contribution in [0.2, 0.25) is 0 Å². The number of nitrogens with one attached hydrogen (secondary N) is 1. The minimum Gasteiger partial charge on any atom is -0.383 e. The summed E-state index contributed by atoms with van der Waals surface area (Å²) in [5.41, 5.74) is 1.86. The number of methoxy groups -OCH3 is 1. The number of carbonyl (C=O) groups is 1. The van der Waals surface area contributed by atoms with Crippen LogP contribution in [-0.4, -0.2) is 49.4 Å². The molecule has 10 nitrogen and oxygen atoms in total. The molecular weight excluding hydrogens is 406 g/mol. The summed E-state index contributed by atoms with van der Waals surface area (Å²) in [5.74, 6) is -0.218. The van der Waals surface area contributed by atoms with Crippen LogP contribution in [0.5, 0.6) is 0 Å². The molecule has 0 unspecified atom stereocenters. The maximum absolute atomic E-state index is 12.7. The molecule has 0 aliphatic heterocycles. The van der Waals surface area contributed by atoms with Crippen LogP contribution in [0.3, 0.4) is 0 Å². The van der Waals surface area contributed by atoms with Crippen molar-refractivity contribution in [2.45, 2.75) is 19.0 Å². The Bertz CT molecular complexity index is 1150. The van der Waals surface area contributed by atoms with E-state index in [2.05, 4.69) is 25.8 Å². The molecule has 154 valence electrons. The lowest BCUT2D eigenvalue weighted by Gasteiger charge is -2.15. The number of thiophene rings is 1. The summed E-state index contributed by atoms with van der Waals surface area (Å²) >= 11 is 1.54. The van der Waals surface area contributed by atoms with Crippen LogP contribution >= 0.6 is 11.3 Å². The van der Waals surface area contributed by atoms with Gasteiger partial charge in [-0.15, -0.1) is 5.10 Å². The summed E-state index contributed by atoms with van der Waals surface area (Å²) in [6, 6.07) is 6.70. The molecule has 0 spiro atoms. The first-order valence-corrected chi connectivity index (χ1v) is 10.1. The number of anilines is 1. The van der Waals surface area contributed by atoms with Gasteiger partial charge in [-0.05, 0) is 51.0 Å². The van der Waals surface area contributed by atoms with Gasteiger partial charge in [-0.1, -0.05) is 0 Å². The average molecular weight is 425 g/mol. The third kappa shape index (κ3) is 4.26. The van der Waals surface area contributed by atoms with Crippen molar-refractivity contribution in [2.75, 3.05) is 19.0 Å². The Morgan fingerprint density at radius 1 is 1.30 bits per heavy atom. The molecular formula is C19H19N7O3S. The Hall–Kier alpha value is -3.44. The SMILES string of the molecule is COCCn1cnc2ccc(NC(=O)C[C@@H](c3ccsc3)n3cnnn3)cc2c1=O. The van der Waals surface area contributed by atoms with E-state index in [1.54, 1.807) is 30.0 Å². The number of hydrogen-bond donors (Lipinski definition) is 1. The molecule has 30 heavy (non-hydrogen) atoms. The second-order valence-electron chi connectivity index (χ2n) is 6.58. The molecule has 4 rings (SSSR count). The fourth-order valence-electron chi connectivity index (χ4n) is 3.11. The number of aromatic nitrogens is 6. The first-order chi connectivity index (χ1) is 14.7. The molecule has 0 aliphatic rings. The standard InChI is InChI=1S/C19H19N7O3S/c1-29-6-5-25-11-20-16-3-2-14(8-15(16)19(25)28)22-18(27)9-17(13-4-7-30-10-13)26-12-21-23-24-26/h2-4,7-8,10-12,17H,5-6,9H2,1H3,(H,22,27)/t17-/m0/s1. The van der Waals surface area contributed by atoms with Crippen molar-refractivity contribution in [3.63, 3.8) is 0 Å². The maximum atomic E-state index is 12.7. The van der Waals surface area contributed by atoms with Crippen molar-refractivity contribution in [1.29, 1.82) is 0 Å². The van der Waals surface area contributed by atoms with Crippen molar-refractivity contribution in [2.24, 2.45) is 0 Å². The van der Waals surface area contributed by atoms with Crippen molar-refractivity contribution < 1.29 is 9.53 Å². The number of rotatable bonds is 8. The van der Waals surface area contributed by atoms with Gasteiger partial charge in [0.2, 0.25) is 5.91 Å². The van der Waals surface area contributed by atoms with Crippen molar-refractivity contribution in [3.05, 3.63) is 63.6 Å². The van der Waals surface area contributed by atoms with Gasteiger partial charge in [0.25, 0.3) is 5.56 Å². The van der Waals surface area contributed by atoms with E-state index in [1.165, 1.54) is 28.6 Å². The van der Waals surface area contributed by atoms with Gasteiger partial charge >= 0.3 is 0 Å². The summed E-state index contributed by atoms with van der Waals surface area (Å²) in [6.45, 7) is 0.813. The molecule has 1 N–H and O–H groups in total. The number of carbonyl (C=O) groups excluding carboxylic acids is 1. The zero-order valence-corrected chi connectivity index (χ0v) is 17.0. The van der Waals surface area contributed by atoms with Gasteiger partial charge in [-0.25, -0.2) is 9.67 Å². The second kappa shape index (κ2) is 8.93. The highest BCUT2D eigenvalue weighted by Crippen LogP contribution is 2.24. The van der Waals surface area contributed by atoms with E-state index >= 15 is 0 Å². The molecule has 11 heteroatoms. The monoisotopic (exact) mass is 425 g/mol. The average Bonchev–Trinajstić information content (AvgIpc) is 3.46. The molecule has 3 heterocycles. The van der Waals surface area contributed by atoms with Gasteiger partial charge in [0, 0.05) is 12.8 Å². The summed E-state index contributed by atoms with van der Waals surface area (Å²) in [7, 11) is 1.58. The Morgan fingerprint density at radius 2 is 2.20 bits per heavy atom. The highest BCUT2D eigenvalue weighted by Gasteiger charge is 2.20. The summed E-state index contributed by atoms with van der Waals surface area (Å²) in [6.07, 6.45) is 3.13. The molecule has 0 saturated heterocycles. The summed E-state index contributed by atoms with van der Waals surface area (Å²) in [5, 5.41) is 18.5. The number of amides is 1. The number of benzene rings is 1. The van der Waals surface area contributed by atoms with E-state index in [-0.39, 0.29) is 23.9 Å². The predicted molar refractivity (Wildman–Crippen MR) is 111 cm³/mol. The van der Waals surface area contributed by atoms with E-state index in [0.717, 1.165) is 5.56 Å². The van der Waals surface area contributed by atoms with Crippen molar-refractivity contribution in [3.8, 4) is 0 Å². The second-order valence-corrected chi connectivity index (χ2v) is 7.36. The van der Waals surface area contributed by atoms with Gasteiger partial charge < -0.3 is 10.1 Å². The molecule has 0 fully saturated rings. The van der Waals surface area contributed by atoms with Crippen LogP contribution in [-0.2, 0) is 16.1 Å². The lowest BCUT2D eigenvalue weighted by molar-refractivity contribution is -0.116. The fourth-order valence-corrected chi connectivity index (χ4v) is 3.82. The number of tetrazole rings is 1. The largest absolute Gasteiger partial charge is 0.383 e. The predicted octanol–water partition coefficient (Wildman–Crippen LogP) is 1.71. The van der Waals surface area contributed by atoms with Crippen molar-refractivity contribution >= 4 is 33.8 Å². The lowest BCUT2D eigenvalue weighted by Crippen LogP contribution is -2.23. The minimum absolute atomic E-state index is 0.144. The molecule has 0 bridgehead atoms. The quantitative estimate of drug-likeness (QED) is 0.457. The Morgan fingerprint density at radius 3 is 2.93 bits per heavy atom. The highest BCUT2D eigenvalue weighted by atomic mass is 32.1. The Balaban J connectivity index is 1.55. The van der Waals surface area contributed by atoms with Gasteiger partial charge in [0.05, 0.1) is 42.8 Å². The van der Waals surface area contributed by atoms with E-state index in [1.807, 2.05) is 16.8 Å². The number of fused-ring (bicyclic) bond motifs is 1. The smallest absolute Gasteiger partial charge is 0.261 e. The minimum atomic E-state index is -0.320. The molecule has 0 saturated carbocycles. The first-order valence-electron chi connectivity index (χ1n) is 9.18. The van der Waals surface area contributed by atoms with E-state index in [4.69, 9.17) is 4.74 Å². The van der Waals surface area contributed by atoms with Crippen LogP contribution in [0.15, 0.2) is 52.5 Å². The molecule has 1 amide bonds. The third-order valence-corrected chi connectivity index (χ3v) is 5.34. The van der Waals surface area contributed by atoms with Gasteiger partial charge in [-0.2, -0.15) is 11.3 Å². The molecule has 0 radical (unpaired) electrons. The Labute approximate surface area is 175 Å². The van der Waals surface area contributed by atoms with Crippen molar-refractivity contribution in [1.82, 2.24) is 29.8 Å². The zero-order chi connectivity index (χ0) is 20.9. The summed E-state index contributed by atoms with van der Waals surface area (Å²) < 4.78 is 8.07. The lowest BCUT2D eigenvalue weighted by atomic mass is 10.1. The van der Waals surface area contributed by atoms with E-state index in [0.29, 0.717) is 29.7 Å². The van der Waals surface area contributed by atoms with Gasteiger partial charge in [0.15, 0.2) is 0 Å². The Kier molecular flexibility index (Phi) is 5.91. The molecule has 1 atom stereocenters. The highest BCUT2D eigenvalue weighted by molar-refractivity contribution is 7.08. The van der Waals surface area contributed by atoms with Crippen LogP contribution in [0.4, 0.5) is 5.69 Å². The van der Waals surface area contributed by atoms with Crippen LogP contribution in [0.1, 0.15) is 18.0 Å². The molecule has 3 aromatic heterocycles. The van der Waals surface area contributed by atoms with Gasteiger partial charge in [0.1, 0.15) is 6.33 Å². The number of nitrogens with zero attached hydrogens (tertiary/aromatic N) is 6. The third-order valence-electron chi connectivity index (χ3n) is 4.63. The topological polar surface area (TPSA) is 117 Å². The van der Waals surface area contributed by atoms with Crippen LogP contribution < -0.4 is 10.9 Å². The van der Waals surface area contributed by atoms with Crippen LogP contribution in [0.25, 0.3) is 10.9 Å². The first kappa shape index (κ1) is 19.9. The van der Waals surface area contributed by atoms with E-state index < -0.39 is 0 Å². The van der Waals surface area contributed by atoms with E-state index in [9.17, 15) is 9.59 Å². The zero-order valence-electron chi connectivity index (χ0n) is 16.1. The summed E-state index contributed by atoms with van der Waals surface area (Å²) in [4.78, 5) is 29.7. The maximum Gasteiger partial charge on any atom is 0.261 e. The molecule has 1 aromatic carbocycles. The van der Waals surface area contributed by atoms with Gasteiger partial charge in [-0.3, -0.25) is 14.2 Å². The van der Waals surface area contributed by atoms with Crippen LogP contribution in [0, 0.1) is 0 Å². The normalized spacial score (nSPS) is 12.2. The number of hydrogen-bond acceptors (Lipinski definition) is 8. The number of ether oxygens (including phenoxy) is 1. The fraction of sp³-hybridized carbons (Fsp3) is 0.263. The molecule has 0 aliphatic carbocycles.